The van der Waals surface area contributed by atoms with E-state index in [-0.39, 0.29) is 17.0 Å². The molecule has 5 rings (SSSR count). The van der Waals surface area contributed by atoms with E-state index in [1.807, 2.05) is 36.4 Å². The predicted molar refractivity (Wildman–Crippen MR) is 186 cm³/mol. The SMILES string of the molecule is CC[N+](CC)(CCCCN(Cc1ccc2ccccc2c1)S(=O)(=O)c1ccc2cc(Cl)ccc2c1)Cc1cc(C)cc(C)c1.[Br-]. The second-order valence-electron chi connectivity index (χ2n) is 12.2. The molecule has 0 amide bonds. The third kappa shape index (κ3) is 8.55. The average Bonchev–Trinajstić information content (AvgIpc) is 3.01. The van der Waals surface area contributed by atoms with Crippen molar-refractivity contribution >= 4 is 43.2 Å². The number of hydrogen-bond acceptors (Lipinski definition) is 2. The van der Waals surface area contributed by atoms with Gasteiger partial charge in [-0.05, 0) is 98.0 Å². The fourth-order valence-corrected chi connectivity index (χ4v) is 8.14. The van der Waals surface area contributed by atoms with Gasteiger partial charge in [-0.2, -0.15) is 4.31 Å². The number of unbranched alkanes of at least 4 members (excludes halogenated alkanes) is 1. The first-order valence-corrected chi connectivity index (χ1v) is 17.5. The standard InChI is InChI=1S/C38H44ClN2O2S.BrH/c1-5-41(6-2,28-32-22-29(3)21-30(4)23-32)20-10-9-19-40(27-31-13-14-33-11-7-8-12-34(33)24-31)44(42,43)38-18-16-35-25-37(39)17-15-36(35)26-38;/h7-8,11-18,21-26H,5-6,9-10,19-20,27-28H2,1-4H3;1H/q+1;/p-1. The highest BCUT2D eigenvalue weighted by molar-refractivity contribution is 7.89. The molecule has 0 unspecified atom stereocenters. The van der Waals surface area contributed by atoms with Crippen LogP contribution in [0.3, 0.4) is 0 Å². The van der Waals surface area contributed by atoms with E-state index < -0.39 is 10.0 Å². The summed E-state index contributed by atoms with van der Waals surface area (Å²) in [6.45, 7) is 13.8. The van der Waals surface area contributed by atoms with Gasteiger partial charge in [-0.3, -0.25) is 0 Å². The molecule has 5 aromatic carbocycles. The molecule has 0 spiro atoms. The van der Waals surface area contributed by atoms with Crippen molar-refractivity contribution in [3.8, 4) is 0 Å². The van der Waals surface area contributed by atoms with Gasteiger partial charge in [0.1, 0.15) is 6.54 Å². The van der Waals surface area contributed by atoms with Gasteiger partial charge >= 0.3 is 0 Å². The van der Waals surface area contributed by atoms with Crippen LogP contribution in [-0.4, -0.2) is 43.4 Å². The lowest BCUT2D eigenvalue weighted by atomic mass is 10.1. The van der Waals surface area contributed by atoms with E-state index >= 15 is 0 Å². The quantitative estimate of drug-likeness (QED) is 0.107. The normalized spacial score (nSPS) is 12.1. The van der Waals surface area contributed by atoms with Crippen molar-refractivity contribution < 1.29 is 29.9 Å². The Morgan fingerprint density at radius 2 is 1.31 bits per heavy atom. The molecule has 5 aromatic rings. The van der Waals surface area contributed by atoms with E-state index in [4.69, 9.17) is 11.6 Å². The molecule has 0 N–H and O–H groups in total. The maximum absolute atomic E-state index is 14.2. The van der Waals surface area contributed by atoms with Gasteiger partial charge in [0.25, 0.3) is 0 Å². The topological polar surface area (TPSA) is 37.4 Å². The first kappa shape index (κ1) is 35.1. The molecule has 0 aliphatic heterocycles. The van der Waals surface area contributed by atoms with Crippen molar-refractivity contribution in [2.24, 2.45) is 0 Å². The highest BCUT2D eigenvalue weighted by Crippen LogP contribution is 2.27. The van der Waals surface area contributed by atoms with E-state index in [0.29, 0.717) is 23.0 Å². The smallest absolute Gasteiger partial charge is 0.243 e. The van der Waals surface area contributed by atoms with E-state index in [1.54, 1.807) is 22.5 Å². The minimum atomic E-state index is -3.74. The van der Waals surface area contributed by atoms with Crippen LogP contribution in [0.25, 0.3) is 21.5 Å². The Labute approximate surface area is 285 Å². The lowest BCUT2D eigenvalue weighted by Crippen LogP contribution is -3.00. The van der Waals surface area contributed by atoms with E-state index in [9.17, 15) is 8.42 Å². The van der Waals surface area contributed by atoms with Crippen molar-refractivity contribution in [1.82, 2.24) is 4.31 Å². The van der Waals surface area contributed by atoms with Gasteiger partial charge in [-0.25, -0.2) is 8.42 Å². The molecule has 0 aromatic heterocycles. The minimum Gasteiger partial charge on any atom is -1.00 e. The van der Waals surface area contributed by atoms with Crippen molar-refractivity contribution in [3.63, 3.8) is 0 Å². The summed E-state index contributed by atoms with van der Waals surface area (Å²) < 4.78 is 31.1. The second-order valence-corrected chi connectivity index (χ2v) is 14.6. The molecular weight excluding hydrogens is 664 g/mol. The number of quaternary nitrogens is 1. The summed E-state index contributed by atoms with van der Waals surface area (Å²) in [5.41, 5.74) is 4.97. The van der Waals surface area contributed by atoms with Crippen molar-refractivity contribution in [3.05, 3.63) is 124 Å². The Balaban J connectivity index is 0.00000461. The van der Waals surface area contributed by atoms with Crippen LogP contribution >= 0.6 is 11.6 Å². The first-order valence-electron chi connectivity index (χ1n) is 15.7. The molecule has 0 saturated carbocycles. The molecule has 0 aliphatic carbocycles. The molecule has 0 aliphatic rings. The minimum absolute atomic E-state index is 0. The van der Waals surface area contributed by atoms with Crippen molar-refractivity contribution in [2.45, 2.75) is 58.5 Å². The summed E-state index contributed by atoms with van der Waals surface area (Å²) >= 11 is 6.19. The molecule has 7 heteroatoms. The number of benzene rings is 5. The summed E-state index contributed by atoms with van der Waals surface area (Å²) in [4.78, 5) is 0.315. The number of fused-ring (bicyclic) bond motifs is 2. The zero-order valence-electron chi connectivity index (χ0n) is 26.8. The number of aryl methyl sites for hydroxylation is 2. The Morgan fingerprint density at radius 3 is 2.02 bits per heavy atom. The lowest BCUT2D eigenvalue weighted by Gasteiger charge is -2.37. The number of nitrogens with zero attached hydrogens (tertiary/aromatic N) is 2. The third-order valence-corrected chi connectivity index (χ3v) is 11.1. The van der Waals surface area contributed by atoms with Gasteiger partial charge in [-0.1, -0.05) is 89.5 Å². The van der Waals surface area contributed by atoms with Crippen LogP contribution in [-0.2, 0) is 23.1 Å². The Morgan fingerprint density at radius 1 is 0.689 bits per heavy atom. The van der Waals surface area contributed by atoms with Gasteiger partial charge in [-0.15, -0.1) is 0 Å². The Kier molecular flexibility index (Phi) is 11.9. The molecule has 238 valence electrons. The van der Waals surface area contributed by atoms with Gasteiger partial charge in [0.2, 0.25) is 10.0 Å². The average molecular weight is 708 g/mol. The molecule has 0 heterocycles. The van der Waals surface area contributed by atoms with Crippen LogP contribution in [0.4, 0.5) is 0 Å². The summed E-state index contributed by atoms with van der Waals surface area (Å²) in [5, 5.41) is 4.69. The zero-order valence-corrected chi connectivity index (χ0v) is 29.9. The molecule has 0 saturated heterocycles. The number of hydrogen-bond donors (Lipinski definition) is 0. The van der Waals surface area contributed by atoms with Gasteiger partial charge in [0.05, 0.1) is 24.5 Å². The lowest BCUT2D eigenvalue weighted by molar-refractivity contribution is -0.938. The van der Waals surface area contributed by atoms with Crippen LogP contribution < -0.4 is 17.0 Å². The first-order chi connectivity index (χ1) is 21.1. The van der Waals surface area contributed by atoms with Crippen LogP contribution in [0, 0.1) is 13.8 Å². The highest BCUT2D eigenvalue weighted by atomic mass is 79.9. The van der Waals surface area contributed by atoms with Crippen LogP contribution in [0.1, 0.15) is 48.9 Å². The summed E-state index contributed by atoms with van der Waals surface area (Å²) in [5.74, 6) is 0. The number of rotatable bonds is 13. The van der Waals surface area contributed by atoms with Crippen LogP contribution in [0.5, 0.6) is 0 Å². The fraction of sp³-hybridized carbons (Fsp3) is 0.316. The predicted octanol–water partition coefficient (Wildman–Crippen LogP) is 6.30. The second kappa shape index (κ2) is 15.2. The summed E-state index contributed by atoms with van der Waals surface area (Å²) in [7, 11) is -3.74. The van der Waals surface area contributed by atoms with E-state index in [2.05, 4.69) is 70.2 Å². The van der Waals surface area contributed by atoms with Crippen LogP contribution in [0.15, 0.2) is 102 Å². The van der Waals surface area contributed by atoms with Crippen LogP contribution in [0.2, 0.25) is 5.02 Å². The van der Waals surface area contributed by atoms with E-state index in [1.165, 1.54) is 16.7 Å². The van der Waals surface area contributed by atoms with Crippen molar-refractivity contribution in [2.75, 3.05) is 26.2 Å². The van der Waals surface area contributed by atoms with Gasteiger partial charge in [0.15, 0.2) is 0 Å². The number of sulfonamides is 1. The molecule has 0 radical (unpaired) electrons. The number of halogens is 2. The summed E-state index contributed by atoms with van der Waals surface area (Å²) in [6.07, 6.45) is 1.75. The molecule has 0 fully saturated rings. The Hall–Kier alpha value is -2.74. The molecule has 0 bridgehead atoms. The van der Waals surface area contributed by atoms with Gasteiger partial charge < -0.3 is 21.5 Å². The fourth-order valence-electron chi connectivity index (χ4n) is 6.45. The zero-order chi connectivity index (χ0) is 31.3. The molecule has 4 nitrogen and oxygen atoms in total. The van der Waals surface area contributed by atoms with Gasteiger partial charge in [0, 0.05) is 23.7 Å². The maximum atomic E-state index is 14.2. The molecule has 45 heavy (non-hydrogen) atoms. The molecular formula is C38H44BrClN2O2S. The summed E-state index contributed by atoms with van der Waals surface area (Å²) in [6, 6.07) is 32.2. The van der Waals surface area contributed by atoms with Crippen molar-refractivity contribution in [1.29, 1.82) is 0 Å². The Bertz CT molecular complexity index is 1850. The largest absolute Gasteiger partial charge is 1.00 e. The highest BCUT2D eigenvalue weighted by Gasteiger charge is 2.27. The molecule has 0 atom stereocenters. The third-order valence-electron chi connectivity index (χ3n) is 9.02. The monoisotopic (exact) mass is 706 g/mol. The van der Waals surface area contributed by atoms with E-state index in [0.717, 1.165) is 70.6 Å². The maximum Gasteiger partial charge on any atom is 0.243 e.